The number of rotatable bonds is 7. The summed E-state index contributed by atoms with van der Waals surface area (Å²) in [6.45, 7) is 3.62. The van der Waals surface area contributed by atoms with Crippen LogP contribution in [0.15, 0.2) is 48.5 Å². The SMILES string of the molecule is CCCNC(COc1ccc(Cl)cc1)c1cccc(Cl)c1. The van der Waals surface area contributed by atoms with Gasteiger partial charge in [-0.2, -0.15) is 0 Å². The maximum atomic E-state index is 6.07. The number of nitrogens with one attached hydrogen (secondary N) is 1. The van der Waals surface area contributed by atoms with Crippen molar-refractivity contribution in [2.75, 3.05) is 13.2 Å². The Labute approximate surface area is 136 Å². The van der Waals surface area contributed by atoms with Crippen molar-refractivity contribution in [3.8, 4) is 5.75 Å². The van der Waals surface area contributed by atoms with Crippen molar-refractivity contribution in [1.29, 1.82) is 0 Å². The topological polar surface area (TPSA) is 21.3 Å². The van der Waals surface area contributed by atoms with E-state index in [1.807, 2.05) is 42.5 Å². The summed E-state index contributed by atoms with van der Waals surface area (Å²) in [5, 5.41) is 4.93. The number of ether oxygens (including phenoxy) is 1. The van der Waals surface area contributed by atoms with E-state index in [0.29, 0.717) is 11.6 Å². The maximum absolute atomic E-state index is 6.07. The van der Waals surface area contributed by atoms with Gasteiger partial charge >= 0.3 is 0 Å². The minimum Gasteiger partial charge on any atom is -0.492 e. The highest BCUT2D eigenvalue weighted by atomic mass is 35.5. The van der Waals surface area contributed by atoms with Gasteiger partial charge in [-0.1, -0.05) is 42.3 Å². The molecule has 0 aromatic heterocycles. The number of hydrogen-bond donors (Lipinski definition) is 1. The Morgan fingerprint density at radius 3 is 2.48 bits per heavy atom. The van der Waals surface area contributed by atoms with Crippen molar-refractivity contribution >= 4 is 23.2 Å². The summed E-state index contributed by atoms with van der Waals surface area (Å²) < 4.78 is 5.85. The Morgan fingerprint density at radius 1 is 1.05 bits per heavy atom. The van der Waals surface area contributed by atoms with Crippen LogP contribution in [0.3, 0.4) is 0 Å². The minimum absolute atomic E-state index is 0.110. The summed E-state index contributed by atoms with van der Waals surface area (Å²) >= 11 is 11.9. The molecule has 0 aliphatic carbocycles. The zero-order valence-corrected chi connectivity index (χ0v) is 13.5. The van der Waals surface area contributed by atoms with Crippen LogP contribution in [-0.2, 0) is 0 Å². The van der Waals surface area contributed by atoms with Crippen molar-refractivity contribution < 1.29 is 4.74 Å². The lowest BCUT2D eigenvalue weighted by Crippen LogP contribution is -2.27. The first-order chi connectivity index (χ1) is 10.2. The number of halogens is 2. The summed E-state index contributed by atoms with van der Waals surface area (Å²) in [6.07, 6.45) is 1.07. The Kier molecular flexibility index (Phi) is 6.37. The zero-order valence-electron chi connectivity index (χ0n) is 12.0. The van der Waals surface area contributed by atoms with Crippen LogP contribution < -0.4 is 10.1 Å². The second-order valence-electron chi connectivity index (χ2n) is 4.83. The molecule has 2 nitrogen and oxygen atoms in total. The molecule has 4 heteroatoms. The molecule has 0 radical (unpaired) electrons. The Bertz CT molecular complexity index is 557. The van der Waals surface area contributed by atoms with Gasteiger partial charge in [0.1, 0.15) is 12.4 Å². The maximum Gasteiger partial charge on any atom is 0.119 e. The van der Waals surface area contributed by atoms with Gasteiger partial charge < -0.3 is 10.1 Å². The molecule has 0 heterocycles. The average Bonchev–Trinajstić information content (AvgIpc) is 2.49. The minimum atomic E-state index is 0.110. The lowest BCUT2D eigenvalue weighted by Gasteiger charge is -2.20. The van der Waals surface area contributed by atoms with E-state index < -0.39 is 0 Å². The standard InChI is InChI=1S/C17H19Cl2NO/c1-2-10-20-17(13-4-3-5-15(19)11-13)12-21-16-8-6-14(18)7-9-16/h3-9,11,17,20H,2,10,12H2,1H3. The normalized spacial score (nSPS) is 12.1. The highest BCUT2D eigenvalue weighted by molar-refractivity contribution is 6.30. The lowest BCUT2D eigenvalue weighted by molar-refractivity contribution is 0.266. The fourth-order valence-corrected chi connectivity index (χ4v) is 2.35. The van der Waals surface area contributed by atoms with E-state index in [0.717, 1.165) is 29.3 Å². The van der Waals surface area contributed by atoms with Crippen LogP contribution in [0, 0.1) is 0 Å². The first-order valence-electron chi connectivity index (χ1n) is 7.06. The molecule has 0 saturated heterocycles. The molecule has 21 heavy (non-hydrogen) atoms. The van der Waals surface area contributed by atoms with Gasteiger partial charge in [0.25, 0.3) is 0 Å². The summed E-state index contributed by atoms with van der Waals surface area (Å²) in [6, 6.07) is 15.4. The number of hydrogen-bond acceptors (Lipinski definition) is 2. The molecule has 112 valence electrons. The third kappa shape index (κ3) is 5.24. The van der Waals surface area contributed by atoms with Crippen molar-refractivity contribution in [2.24, 2.45) is 0 Å². The van der Waals surface area contributed by atoms with E-state index in [2.05, 4.69) is 18.3 Å². The quantitative estimate of drug-likeness (QED) is 0.764. The third-order valence-corrected chi connectivity index (χ3v) is 3.61. The van der Waals surface area contributed by atoms with Crippen LogP contribution >= 0.6 is 23.2 Å². The molecule has 0 aliphatic heterocycles. The van der Waals surface area contributed by atoms with E-state index >= 15 is 0 Å². The summed E-state index contributed by atoms with van der Waals surface area (Å²) in [5.74, 6) is 0.810. The summed E-state index contributed by atoms with van der Waals surface area (Å²) in [7, 11) is 0. The van der Waals surface area contributed by atoms with Gasteiger partial charge in [0, 0.05) is 10.0 Å². The molecule has 2 rings (SSSR count). The molecule has 0 amide bonds. The molecule has 1 atom stereocenters. The van der Waals surface area contributed by atoms with E-state index in [1.165, 1.54) is 0 Å². The molecular weight excluding hydrogens is 305 g/mol. The van der Waals surface area contributed by atoms with Gasteiger partial charge in [0.05, 0.1) is 6.04 Å². The number of benzene rings is 2. The first kappa shape index (κ1) is 16.2. The summed E-state index contributed by atoms with van der Waals surface area (Å²) in [4.78, 5) is 0. The molecule has 0 saturated carbocycles. The molecule has 1 N–H and O–H groups in total. The predicted octanol–water partition coefficient (Wildman–Crippen LogP) is 5.11. The molecule has 0 aliphatic rings. The Hall–Kier alpha value is -1.22. The third-order valence-electron chi connectivity index (χ3n) is 3.12. The van der Waals surface area contributed by atoms with E-state index in [1.54, 1.807) is 0 Å². The smallest absolute Gasteiger partial charge is 0.119 e. The molecular formula is C17H19Cl2NO. The van der Waals surface area contributed by atoms with Crippen molar-refractivity contribution in [1.82, 2.24) is 5.32 Å². The van der Waals surface area contributed by atoms with Crippen molar-refractivity contribution in [2.45, 2.75) is 19.4 Å². The molecule has 2 aromatic carbocycles. The van der Waals surface area contributed by atoms with Gasteiger partial charge in [-0.3, -0.25) is 0 Å². The molecule has 1 unspecified atom stereocenters. The second-order valence-corrected chi connectivity index (χ2v) is 5.70. The van der Waals surface area contributed by atoms with E-state index in [-0.39, 0.29) is 6.04 Å². The first-order valence-corrected chi connectivity index (χ1v) is 7.82. The van der Waals surface area contributed by atoms with E-state index in [9.17, 15) is 0 Å². The van der Waals surface area contributed by atoms with Gasteiger partial charge in [0.2, 0.25) is 0 Å². The Morgan fingerprint density at radius 2 is 1.81 bits per heavy atom. The van der Waals surface area contributed by atoms with Gasteiger partial charge in [-0.05, 0) is 54.9 Å². The van der Waals surface area contributed by atoms with Crippen LogP contribution in [0.2, 0.25) is 10.0 Å². The molecule has 2 aromatic rings. The van der Waals surface area contributed by atoms with Crippen LogP contribution in [0.1, 0.15) is 24.9 Å². The van der Waals surface area contributed by atoms with E-state index in [4.69, 9.17) is 27.9 Å². The zero-order chi connectivity index (χ0) is 15.1. The largest absolute Gasteiger partial charge is 0.492 e. The molecule has 0 spiro atoms. The average molecular weight is 324 g/mol. The second kappa shape index (κ2) is 8.28. The van der Waals surface area contributed by atoms with Crippen LogP contribution in [0.5, 0.6) is 5.75 Å². The predicted molar refractivity (Wildman–Crippen MR) is 89.4 cm³/mol. The molecule has 0 bridgehead atoms. The van der Waals surface area contributed by atoms with Gasteiger partial charge in [-0.15, -0.1) is 0 Å². The fraction of sp³-hybridized carbons (Fsp3) is 0.294. The summed E-state index contributed by atoms with van der Waals surface area (Å²) in [5.41, 5.74) is 1.13. The van der Waals surface area contributed by atoms with Gasteiger partial charge in [-0.25, -0.2) is 0 Å². The van der Waals surface area contributed by atoms with Crippen LogP contribution in [0.4, 0.5) is 0 Å². The Balaban J connectivity index is 2.04. The highest BCUT2D eigenvalue weighted by Crippen LogP contribution is 2.21. The van der Waals surface area contributed by atoms with Crippen LogP contribution in [0.25, 0.3) is 0 Å². The fourth-order valence-electron chi connectivity index (χ4n) is 2.03. The van der Waals surface area contributed by atoms with Crippen LogP contribution in [-0.4, -0.2) is 13.2 Å². The van der Waals surface area contributed by atoms with Gasteiger partial charge in [0.15, 0.2) is 0 Å². The molecule has 0 fully saturated rings. The monoisotopic (exact) mass is 323 g/mol. The highest BCUT2D eigenvalue weighted by Gasteiger charge is 2.12. The van der Waals surface area contributed by atoms with Crippen molar-refractivity contribution in [3.63, 3.8) is 0 Å². The lowest BCUT2D eigenvalue weighted by atomic mass is 10.1. The van der Waals surface area contributed by atoms with Crippen molar-refractivity contribution in [3.05, 3.63) is 64.1 Å².